The van der Waals surface area contributed by atoms with Gasteiger partial charge in [0.25, 0.3) is 11.6 Å². The molecule has 0 atom stereocenters. The predicted molar refractivity (Wildman–Crippen MR) is 128 cm³/mol. The molecular formula is C22H21N3O4S2. The molecule has 1 amide bonds. The van der Waals surface area contributed by atoms with Crippen LogP contribution in [0, 0.1) is 24.0 Å². The van der Waals surface area contributed by atoms with E-state index in [1.807, 2.05) is 32.0 Å². The summed E-state index contributed by atoms with van der Waals surface area (Å²) in [7, 11) is 0. The van der Waals surface area contributed by atoms with Gasteiger partial charge in [-0.3, -0.25) is 19.8 Å². The van der Waals surface area contributed by atoms with E-state index in [2.05, 4.69) is 4.90 Å². The van der Waals surface area contributed by atoms with Gasteiger partial charge in [0.15, 0.2) is 4.32 Å². The summed E-state index contributed by atoms with van der Waals surface area (Å²) in [6.45, 7) is 6.49. The lowest BCUT2D eigenvalue weighted by molar-refractivity contribution is -0.384. The number of nitro groups is 1. The van der Waals surface area contributed by atoms with Crippen LogP contribution in [0.4, 0.5) is 17.1 Å². The molecule has 9 heteroatoms. The highest BCUT2D eigenvalue weighted by Gasteiger charge is 2.34. The maximum atomic E-state index is 13.2. The van der Waals surface area contributed by atoms with Crippen molar-refractivity contribution in [3.63, 3.8) is 0 Å². The number of ether oxygens (including phenoxy) is 1. The van der Waals surface area contributed by atoms with Crippen LogP contribution in [0.1, 0.15) is 16.7 Å². The number of morpholine rings is 1. The van der Waals surface area contributed by atoms with Gasteiger partial charge in [-0.05, 0) is 37.6 Å². The highest BCUT2D eigenvalue weighted by molar-refractivity contribution is 8.27. The number of thioether (sulfide) groups is 1. The molecule has 0 aliphatic carbocycles. The molecule has 2 aliphatic heterocycles. The van der Waals surface area contributed by atoms with Crippen LogP contribution < -0.4 is 9.80 Å². The lowest BCUT2D eigenvalue weighted by Crippen LogP contribution is -2.36. The van der Waals surface area contributed by atoms with Crippen LogP contribution in [-0.4, -0.2) is 41.5 Å². The Hall–Kier alpha value is -2.75. The molecule has 2 fully saturated rings. The number of amides is 1. The third-order valence-electron chi connectivity index (χ3n) is 5.25. The third-order valence-corrected chi connectivity index (χ3v) is 6.55. The number of rotatable bonds is 4. The zero-order valence-corrected chi connectivity index (χ0v) is 18.8. The van der Waals surface area contributed by atoms with E-state index in [4.69, 9.17) is 17.0 Å². The fourth-order valence-corrected chi connectivity index (χ4v) is 5.01. The van der Waals surface area contributed by atoms with E-state index in [1.54, 1.807) is 12.1 Å². The van der Waals surface area contributed by atoms with Gasteiger partial charge in [-0.2, -0.15) is 0 Å². The van der Waals surface area contributed by atoms with Crippen molar-refractivity contribution in [1.82, 2.24) is 0 Å². The van der Waals surface area contributed by atoms with E-state index in [0.717, 1.165) is 22.5 Å². The second-order valence-corrected chi connectivity index (χ2v) is 9.08. The Bertz CT molecular complexity index is 1110. The first-order valence-electron chi connectivity index (χ1n) is 9.81. The number of anilines is 2. The van der Waals surface area contributed by atoms with Gasteiger partial charge in [0.05, 0.1) is 28.7 Å². The normalized spacial score (nSPS) is 18.2. The van der Waals surface area contributed by atoms with Gasteiger partial charge in [-0.25, -0.2) is 0 Å². The highest BCUT2D eigenvalue weighted by atomic mass is 32.2. The molecule has 0 saturated carbocycles. The van der Waals surface area contributed by atoms with E-state index in [0.29, 0.717) is 41.1 Å². The Morgan fingerprint density at radius 1 is 1.13 bits per heavy atom. The molecule has 2 aromatic carbocycles. The first-order chi connectivity index (χ1) is 14.8. The average molecular weight is 456 g/mol. The Kier molecular flexibility index (Phi) is 6.08. The van der Waals surface area contributed by atoms with Gasteiger partial charge < -0.3 is 9.64 Å². The Labute approximate surface area is 189 Å². The number of hydrogen-bond donors (Lipinski definition) is 0. The number of non-ortho nitro benzene ring substituents is 1. The maximum absolute atomic E-state index is 13.2. The Morgan fingerprint density at radius 3 is 2.52 bits per heavy atom. The van der Waals surface area contributed by atoms with Gasteiger partial charge in [-0.1, -0.05) is 41.7 Å². The van der Waals surface area contributed by atoms with Gasteiger partial charge in [0.1, 0.15) is 0 Å². The molecular weight excluding hydrogens is 434 g/mol. The average Bonchev–Trinajstić information content (AvgIpc) is 3.02. The monoisotopic (exact) mass is 455 g/mol. The van der Waals surface area contributed by atoms with Crippen molar-refractivity contribution in [2.24, 2.45) is 0 Å². The lowest BCUT2D eigenvalue weighted by Gasteiger charge is -2.30. The summed E-state index contributed by atoms with van der Waals surface area (Å²) in [5, 5.41) is 11.3. The summed E-state index contributed by atoms with van der Waals surface area (Å²) >= 11 is 6.71. The van der Waals surface area contributed by atoms with Crippen LogP contribution in [0.3, 0.4) is 0 Å². The standard InChI is InChI=1S/C22H21N3O4S2/c1-14-3-5-18(15(2)11-14)24-21(26)20(31-22(24)30)13-16-12-17(25(27)28)4-6-19(16)23-7-9-29-10-8-23/h3-6,11-13H,7-10H2,1-2H3/b20-13+. The number of carbonyl (C=O) groups is 1. The fourth-order valence-electron chi connectivity index (χ4n) is 3.74. The van der Waals surface area contributed by atoms with Crippen LogP contribution in [-0.2, 0) is 9.53 Å². The van der Waals surface area contributed by atoms with Crippen molar-refractivity contribution in [1.29, 1.82) is 0 Å². The summed E-state index contributed by atoms with van der Waals surface area (Å²) < 4.78 is 5.87. The van der Waals surface area contributed by atoms with Gasteiger partial charge in [0.2, 0.25) is 0 Å². The Balaban J connectivity index is 1.73. The van der Waals surface area contributed by atoms with E-state index in [9.17, 15) is 14.9 Å². The molecule has 2 aromatic rings. The van der Waals surface area contributed by atoms with E-state index < -0.39 is 4.92 Å². The first kappa shape index (κ1) is 21.5. The van der Waals surface area contributed by atoms with Crippen LogP contribution in [0.2, 0.25) is 0 Å². The minimum absolute atomic E-state index is 0.0203. The van der Waals surface area contributed by atoms with E-state index in [-0.39, 0.29) is 11.6 Å². The molecule has 7 nitrogen and oxygen atoms in total. The molecule has 0 spiro atoms. The summed E-state index contributed by atoms with van der Waals surface area (Å²) in [4.78, 5) is 28.3. The minimum Gasteiger partial charge on any atom is -0.378 e. The predicted octanol–water partition coefficient (Wildman–Crippen LogP) is 4.45. The molecule has 2 heterocycles. The number of aryl methyl sites for hydroxylation is 2. The third kappa shape index (κ3) is 4.34. The first-order valence-corrected chi connectivity index (χ1v) is 11.0. The zero-order valence-electron chi connectivity index (χ0n) is 17.2. The molecule has 160 valence electrons. The molecule has 0 aromatic heterocycles. The molecule has 4 rings (SSSR count). The number of nitrogens with zero attached hydrogens (tertiary/aromatic N) is 3. The number of hydrogen-bond acceptors (Lipinski definition) is 7. The van der Waals surface area contributed by atoms with Crippen molar-refractivity contribution in [3.8, 4) is 0 Å². The van der Waals surface area contributed by atoms with Crippen molar-refractivity contribution in [2.75, 3.05) is 36.1 Å². The zero-order chi connectivity index (χ0) is 22.1. The topological polar surface area (TPSA) is 75.9 Å². The molecule has 0 N–H and O–H groups in total. The van der Waals surface area contributed by atoms with Crippen LogP contribution >= 0.6 is 24.0 Å². The summed E-state index contributed by atoms with van der Waals surface area (Å²) in [5.41, 5.74) is 4.26. The van der Waals surface area contributed by atoms with Crippen LogP contribution in [0.5, 0.6) is 0 Å². The molecule has 31 heavy (non-hydrogen) atoms. The van der Waals surface area contributed by atoms with Crippen molar-refractivity contribution in [3.05, 3.63) is 68.1 Å². The minimum atomic E-state index is -0.429. The fraction of sp³-hybridized carbons (Fsp3) is 0.273. The smallest absolute Gasteiger partial charge is 0.270 e. The molecule has 2 saturated heterocycles. The van der Waals surface area contributed by atoms with Gasteiger partial charge in [0, 0.05) is 36.5 Å². The summed E-state index contributed by atoms with van der Waals surface area (Å²) in [6.07, 6.45) is 1.71. The van der Waals surface area contributed by atoms with Crippen LogP contribution in [0.15, 0.2) is 41.3 Å². The van der Waals surface area contributed by atoms with E-state index in [1.165, 1.54) is 28.8 Å². The number of thiocarbonyl (C=S) groups is 1. The van der Waals surface area contributed by atoms with Crippen molar-refractivity contribution >= 4 is 57.3 Å². The number of nitro benzene ring substituents is 1. The van der Waals surface area contributed by atoms with Gasteiger partial charge >= 0.3 is 0 Å². The summed E-state index contributed by atoms with van der Waals surface area (Å²) in [5.74, 6) is -0.221. The van der Waals surface area contributed by atoms with Gasteiger partial charge in [-0.15, -0.1) is 0 Å². The molecule has 2 aliphatic rings. The van der Waals surface area contributed by atoms with Crippen LogP contribution in [0.25, 0.3) is 6.08 Å². The molecule has 0 bridgehead atoms. The number of benzene rings is 2. The van der Waals surface area contributed by atoms with E-state index >= 15 is 0 Å². The lowest BCUT2D eigenvalue weighted by atomic mass is 10.1. The second kappa shape index (κ2) is 8.78. The quantitative estimate of drug-likeness (QED) is 0.292. The van der Waals surface area contributed by atoms with Crippen molar-refractivity contribution in [2.45, 2.75) is 13.8 Å². The second-order valence-electron chi connectivity index (χ2n) is 7.41. The van der Waals surface area contributed by atoms with Crippen molar-refractivity contribution < 1.29 is 14.5 Å². The molecule has 0 radical (unpaired) electrons. The molecule has 0 unspecified atom stereocenters. The largest absolute Gasteiger partial charge is 0.378 e. The summed E-state index contributed by atoms with van der Waals surface area (Å²) in [6, 6.07) is 10.6. The SMILES string of the molecule is Cc1ccc(N2C(=O)/C(=C\c3cc([N+](=O)[O-])ccc3N3CCOCC3)SC2=S)c(C)c1. The Morgan fingerprint density at radius 2 is 1.84 bits per heavy atom. The highest BCUT2D eigenvalue weighted by Crippen LogP contribution is 2.39. The maximum Gasteiger partial charge on any atom is 0.270 e. The number of carbonyl (C=O) groups excluding carboxylic acids is 1.